The summed E-state index contributed by atoms with van der Waals surface area (Å²) in [6.07, 6.45) is -0.138. The molecule has 0 bridgehead atoms. The Bertz CT molecular complexity index is 483. The van der Waals surface area contributed by atoms with Crippen LogP contribution >= 0.6 is 0 Å². The molecule has 0 saturated carbocycles. The Labute approximate surface area is 106 Å². The van der Waals surface area contributed by atoms with Crippen molar-refractivity contribution >= 4 is 5.97 Å². The van der Waals surface area contributed by atoms with Crippen LogP contribution in [-0.2, 0) is 10.3 Å². The molecule has 0 spiro atoms. The van der Waals surface area contributed by atoms with Gasteiger partial charge in [0.2, 0.25) is 0 Å². The van der Waals surface area contributed by atoms with Crippen molar-refractivity contribution in [3.05, 3.63) is 71.8 Å². The van der Waals surface area contributed by atoms with Gasteiger partial charge in [0.15, 0.2) is 0 Å². The molecule has 3 heteroatoms. The highest BCUT2D eigenvalue weighted by Crippen LogP contribution is 2.30. The summed E-state index contributed by atoms with van der Waals surface area (Å²) in [5.74, 6) is -0.912. The minimum atomic E-state index is -0.992. The van der Waals surface area contributed by atoms with Crippen LogP contribution in [0.2, 0.25) is 0 Å². The Hall–Kier alpha value is -2.13. The van der Waals surface area contributed by atoms with Gasteiger partial charge in [0.05, 0.1) is 12.0 Å². The third-order valence-corrected chi connectivity index (χ3v) is 3.01. The monoisotopic (exact) mass is 241 g/mol. The van der Waals surface area contributed by atoms with Crippen LogP contribution in [0.15, 0.2) is 60.7 Å². The third-order valence-electron chi connectivity index (χ3n) is 3.01. The smallest absolute Gasteiger partial charge is 0.305 e. The summed E-state index contributed by atoms with van der Waals surface area (Å²) in [6.45, 7) is 0. The number of nitrogens with two attached hydrogens (primary N) is 1. The molecule has 0 radical (unpaired) electrons. The van der Waals surface area contributed by atoms with E-state index in [1.807, 2.05) is 60.7 Å². The van der Waals surface area contributed by atoms with Crippen molar-refractivity contribution in [3.63, 3.8) is 0 Å². The predicted octanol–water partition coefficient (Wildman–Crippen LogP) is 2.36. The van der Waals surface area contributed by atoms with Crippen LogP contribution < -0.4 is 5.73 Å². The second kappa shape index (κ2) is 5.02. The molecule has 18 heavy (non-hydrogen) atoms. The Morgan fingerprint density at radius 3 is 1.67 bits per heavy atom. The van der Waals surface area contributed by atoms with Crippen LogP contribution in [0, 0.1) is 0 Å². The second-order valence-corrected chi connectivity index (χ2v) is 4.27. The van der Waals surface area contributed by atoms with Gasteiger partial charge >= 0.3 is 5.97 Å². The van der Waals surface area contributed by atoms with Crippen molar-refractivity contribution in [2.75, 3.05) is 0 Å². The Balaban J connectivity index is 2.51. The predicted molar refractivity (Wildman–Crippen MR) is 70.1 cm³/mol. The Kier molecular flexibility index (Phi) is 3.44. The van der Waals surface area contributed by atoms with Gasteiger partial charge in [0.1, 0.15) is 0 Å². The van der Waals surface area contributed by atoms with Gasteiger partial charge in [-0.3, -0.25) is 4.79 Å². The first-order valence-corrected chi connectivity index (χ1v) is 5.74. The molecule has 0 atom stereocenters. The maximum absolute atomic E-state index is 11.1. The second-order valence-electron chi connectivity index (χ2n) is 4.27. The molecule has 0 saturated heterocycles. The summed E-state index contributed by atoms with van der Waals surface area (Å²) in [7, 11) is 0. The van der Waals surface area contributed by atoms with Crippen LogP contribution in [0.25, 0.3) is 0 Å². The van der Waals surface area contributed by atoms with Gasteiger partial charge in [-0.1, -0.05) is 60.7 Å². The molecule has 2 aromatic carbocycles. The molecule has 2 rings (SSSR count). The van der Waals surface area contributed by atoms with E-state index in [4.69, 9.17) is 10.8 Å². The molecule has 0 aliphatic rings. The van der Waals surface area contributed by atoms with Gasteiger partial charge in [-0.2, -0.15) is 0 Å². The van der Waals surface area contributed by atoms with Crippen molar-refractivity contribution in [2.45, 2.75) is 12.0 Å². The van der Waals surface area contributed by atoms with Crippen LogP contribution in [0.5, 0.6) is 0 Å². The zero-order chi connectivity index (χ0) is 13.0. The average Bonchev–Trinajstić information content (AvgIpc) is 2.40. The summed E-state index contributed by atoms with van der Waals surface area (Å²) in [5, 5.41) is 9.09. The molecular weight excluding hydrogens is 226 g/mol. The first-order chi connectivity index (χ1) is 8.63. The first-order valence-electron chi connectivity index (χ1n) is 5.74. The number of aliphatic carboxylic acids is 1. The molecule has 2 aromatic rings. The van der Waals surface area contributed by atoms with Crippen molar-refractivity contribution in [3.8, 4) is 0 Å². The SMILES string of the molecule is NC(CC(=O)O)(c1ccccc1)c1ccccc1. The number of carboxylic acid groups (broad SMARTS) is 1. The van der Waals surface area contributed by atoms with E-state index in [1.165, 1.54) is 0 Å². The lowest BCUT2D eigenvalue weighted by atomic mass is 9.81. The van der Waals surface area contributed by atoms with Gasteiger partial charge in [-0.15, -0.1) is 0 Å². The Morgan fingerprint density at radius 2 is 1.33 bits per heavy atom. The molecule has 0 aromatic heterocycles. The number of hydrogen-bond acceptors (Lipinski definition) is 2. The highest BCUT2D eigenvalue weighted by Gasteiger charge is 2.32. The maximum atomic E-state index is 11.1. The summed E-state index contributed by atoms with van der Waals surface area (Å²) >= 11 is 0. The molecule has 0 heterocycles. The fourth-order valence-electron chi connectivity index (χ4n) is 2.08. The number of carboxylic acids is 1. The average molecular weight is 241 g/mol. The molecule has 3 nitrogen and oxygen atoms in total. The topological polar surface area (TPSA) is 63.3 Å². The van der Waals surface area contributed by atoms with E-state index in [2.05, 4.69) is 0 Å². The summed E-state index contributed by atoms with van der Waals surface area (Å²) in [5.41, 5.74) is 6.98. The van der Waals surface area contributed by atoms with E-state index in [9.17, 15) is 4.79 Å². The zero-order valence-corrected chi connectivity index (χ0v) is 9.91. The molecule has 0 aliphatic carbocycles. The van der Waals surface area contributed by atoms with Crippen molar-refractivity contribution in [1.29, 1.82) is 0 Å². The lowest BCUT2D eigenvalue weighted by molar-refractivity contribution is -0.138. The molecular formula is C15H15NO2. The standard InChI is InChI=1S/C15H15NO2/c16-15(11-14(17)18,12-7-3-1-4-8-12)13-9-5-2-6-10-13/h1-10H,11,16H2,(H,17,18). The zero-order valence-electron chi connectivity index (χ0n) is 9.91. The lowest BCUT2D eigenvalue weighted by Gasteiger charge is -2.29. The van der Waals surface area contributed by atoms with Crippen molar-refractivity contribution in [1.82, 2.24) is 0 Å². The number of hydrogen-bond donors (Lipinski definition) is 2. The number of benzene rings is 2. The van der Waals surface area contributed by atoms with Gasteiger partial charge in [-0.05, 0) is 11.1 Å². The fourth-order valence-corrected chi connectivity index (χ4v) is 2.08. The highest BCUT2D eigenvalue weighted by molar-refractivity contribution is 5.70. The Morgan fingerprint density at radius 1 is 0.944 bits per heavy atom. The van der Waals surface area contributed by atoms with E-state index in [0.717, 1.165) is 11.1 Å². The summed E-state index contributed by atoms with van der Waals surface area (Å²) in [4.78, 5) is 11.1. The quantitative estimate of drug-likeness (QED) is 0.863. The fraction of sp³-hybridized carbons (Fsp3) is 0.133. The van der Waals surface area contributed by atoms with Gasteiger partial charge in [-0.25, -0.2) is 0 Å². The lowest BCUT2D eigenvalue weighted by Crippen LogP contribution is -2.40. The van der Waals surface area contributed by atoms with Crippen molar-refractivity contribution in [2.24, 2.45) is 5.73 Å². The number of rotatable bonds is 4. The maximum Gasteiger partial charge on any atom is 0.305 e. The molecule has 0 unspecified atom stereocenters. The molecule has 92 valence electrons. The van der Waals surface area contributed by atoms with E-state index >= 15 is 0 Å². The van der Waals surface area contributed by atoms with E-state index in [1.54, 1.807) is 0 Å². The normalized spacial score (nSPS) is 11.2. The van der Waals surface area contributed by atoms with Crippen molar-refractivity contribution < 1.29 is 9.90 Å². The van der Waals surface area contributed by atoms with Crippen LogP contribution in [0.1, 0.15) is 17.5 Å². The van der Waals surface area contributed by atoms with Gasteiger partial charge < -0.3 is 10.8 Å². The minimum absolute atomic E-state index is 0.138. The van der Waals surface area contributed by atoms with E-state index in [0.29, 0.717) is 0 Å². The largest absolute Gasteiger partial charge is 0.481 e. The van der Waals surface area contributed by atoms with Crippen LogP contribution in [-0.4, -0.2) is 11.1 Å². The number of carbonyl (C=O) groups is 1. The molecule has 0 fully saturated rings. The molecule has 3 N–H and O–H groups in total. The van der Waals surface area contributed by atoms with Crippen LogP contribution in [0.4, 0.5) is 0 Å². The summed E-state index contributed by atoms with van der Waals surface area (Å²) < 4.78 is 0. The minimum Gasteiger partial charge on any atom is -0.481 e. The molecule has 0 amide bonds. The van der Waals surface area contributed by atoms with Crippen LogP contribution in [0.3, 0.4) is 0 Å². The van der Waals surface area contributed by atoms with E-state index < -0.39 is 11.5 Å². The first kappa shape index (κ1) is 12.3. The van der Waals surface area contributed by atoms with Gasteiger partial charge in [0.25, 0.3) is 0 Å². The highest BCUT2D eigenvalue weighted by atomic mass is 16.4. The summed E-state index contributed by atoms with van der Waals surface area (Å²) in [6, 6.07) is 18.6. The van der Waals surface area contributed by atoms with Gasteiger partial charge in [0, 0.05) is 0 Å². The third kappa shape index (κ3) is 2.41. The van der Waals surface area contributed by atoms with E-state index in [-0.39, 0.29) is 6.42 Å². The molecule has 0 aliphatic heterocycles.